The van der Waals surface area contributed by atoms with Crippen molar-refractivity contribution in [3.8, 4) is 0 Å². The van der Waals surface area contributed by atoms with Crippen LogP contribution in [0.25, 0.3) is 0 Å². The van der Waals surface area contributed by atoms with Gasteiger partial charge in [-0.05, 0) is 70.6 Å². The van der Waals surface area contributed by atoms with Gasteiger partial charge in [-0.2, -0.15) is 0 Å². The van der Waals surface area contributed by atoms with Gasteiger partial charge in [0.2, 0.25) is 5.91 Å². The normalized spacial score (nSPS) is 22.8. The molecule has 9 N–H and O–H groups in total. The molecule has 0 bridgehead atoms. The second-order valence-electron chi connectivity index (χ2n) is 27.4. The van der Waals surface area contributed by atoms with E-state index in [1.807, 2.05) is 6.08 Å². The average molecular weight is 1330 g/mol. The van der Waals surface area contributed by atoms with Gasteiger partial charge in [0.1, 0.15) is 48.8 Å². The topological polar surface area (TPSA) is 228 Å². The number of hydrogen-bond acceptors (Lipinski definition) is 13. The fourth-order valence-corrected chi connectivity index (χ4v) is 12.7. The van der Waals surface area contributed by atoms with Gasteiger partial charge in [-0.15, -0.1) is 0 Å². The van der Waals surface area contributed by atoms with Crippen LogP contribution in [-0.4, -0.2) is 140 Å². The first-order valence-electron chi connectivity index (χ1n) is 39.2. The number of aliphatic hydroxyl groups is 8. The Bertz CT molecular complexity index is 1860. The van der Waals surface area contributed by atoms with Crippen LogP contribution in [0.2, 0.25) is 0 Å². The molecule has 0 aromatic heterocycles. The maximum atomic E-state index is 13.4. The molecule has 2 aliphatic rings. The van der Waals surface area contributed by atoms with Crippen molar-refractivity contribution in [1.29, 1.82) is 0 Å². The number of carbonyl (C=O) groups is 1. The van der Waals surface area contributed by atoms with E-state index in [9.17, 15) is 45.6 Å². The van der Waals surface area contributed by atoms with Gasteiger partial charge in [0.15, 0.2) is 12.6 Å². The van der Waals surface area contributed by atoms with Crippen molar-refractivity contribution in [3.05, 3.63) is 72.9 Å². The third kappa shape index (κ3) is 46.7. The van der Waals surface area contributed by atoms with Crippen LogP contribution in [0, 0.1) is 0 Å². The summed E-state index contributed by atoms with van der Waals surface area (Å²) >= 11 is 0. The zero-order chi connectivity index (χ0) is 68.0. The lowest BCUT2D eigenvalue weighted by molar-refractivity contribution is -0.359. The molecule has 0 spiro atoms. The molecule has 1 amide bonds. The number of unbranched alkanes of at least 4 members (excludes halogenated alkanes) is 42. The molecule has 0 radical (unpaired) electrons. The summed E-state index contributed by atoms with van der Waals surface area (Å²) in [6.07, 6.45) is 71.4. The average Bonchev–Trinajstić information content (AvgIpc) is 0.794. The van der Waals surface area contributed by atoms with Crippen molar-refractivity contribution in [2.24, 2.45) is 0 Å². The van der Waals surface area contributed by atoms with Crippen LogP contribution in [0.5, 0.6) is 0 Å². The number of allylic oxidation sites excluding steroid dienone is 11. The highest BCUT2D eigenvalue weighted by Crippen LogP contribution is 2.30. The SMILES string of the molecule is CC/C=C\C/C=C\C/C=C\C/C=C\CCCCCCCCCCCCCCCCCCCCCCCCCCCCC(=O)NC(COC1OC(CO)C(OC2OC(CO)C(O)C(O)C2O)C(O)C1O)C(O)/C=C/CC/C=C/CCCCCCCCCCCCCCCCC. The molecule has 2 saturated heterocycles. The lowest BCUT2D eigenvalue weighted by Gasteiger charge is -2.46. The molecule has 0 aromatic carbocycles. The van der Waals surface area contributed by atoms with E-state index < -0.39 is 86.8 Å². The molecule has 12 unspecified atom stereocenters. The highest BCUT2D eigenvalue weighted by atomic mass is 16.7. The minimum absolute atomic E-state index is 0.243. The molecule has 14 heteroatoms. The van der Waals surface area contributed by atoms with Crippen LogP contribution in [0.4, 0.5) is 0 Å². The third-order valence-electron chi connectivity index (χ3n) is 18.9. The van der Waals surface area contributed by atoms with E-state index in [0.29, 0.717) is 12.8 Å². The van der Waals surface area contributed by atoms with Crippen LogP contribution in [-0.2, 0) is 23.7 Å². The summed E-state index contributed by atoms with van der Waals surface area (Å²) < 4.78 is 22.9. The standard InChI is InChI=1S/C80H145NO13/c1-3-5-7-9-11-13-15-17-19-21-23-25-26-27-28-29-30-31-32-33-34-35-36-37-38-39-40-41-42-44-46-48-50-52-54-56-58-60-62-64-72(85)81-68(69(84)63-61-59-57-55-53-51-49-47-45-43-24-22-20-18-16-14-12-10-8-6-4-2)67-91-79-77(90)75(88)78(71(66-83)93-79)94-80-76(89)74(87)73(86)70(65-82)92-80/h5,7,11,13,17,19,23,25,53,55,61,63,68-71,73-80,82-84,86-90H,3-4,6,8-10,12,14-16,18,20-22,24,26-52,54,56-60,62,64-67H2,1-2H3,(H,81,85)/b7-5-,13-11-,19-17-,25-23-,55-53+,63-61+. The predicted octanol–water partition coefficient (Wildman–Crippen LogP) is 17.4. The first-order chi connectivity index (χ1) is 46.1. The zero-order valence-corrected chi connectivity index (χ0v) is 60.0. The molecule has 94 heavy (non-hydrogen) atoms. The summed E-state index contributed by atoms with van der Waals surface area (Å²) in [6.45, 7) is 2.71. The van der Waals surface area contributed by atoms with E-state index >= 15 is 0 Å². The molecule has 12 atom stereocenters. The maximum Gasteiger partial charge on any atom is 0.220 e. The number of ether oxygens (including phenoxy) is 4. The van der Waals surface area contributed by atoms with Gasteiger partial charge in [-0.3, -0.25) is 4.79 Å². The van der Waals surface area contributed by atoms with Gasteiger partial charge in [0, 0.05) is 6.42 Å². The Kier molecular flexibility index (Phi) is 59.4. The Morgan fingerprint density at radius 1 is 0.394 bits per heavy atom. The van der Waals surface area contributed by atoms with E-state index in [4.69, 9.17) is 18.9 Å². The Morgan fingerprint density at radius 2 is 0.745 bits per heavy atom. The molecule has 2 aliphatic heterocycles. The minimum atomic E-state index is -1.79. The lowest BCUT2D eigenvalue weighted by atomic mass is 9.97. The summed E-state index contributed by atoms with van der Waals surface area (Å²) in [6, 6.07) is -0.933. The Hall–Kier alpha value is -2.57. The molecule has 548 valence electrons. The molecule has 0 saturated carbocycles. The summed E-state index contributed by atoms with van der Waals surface area (Å²) in [4.78, 5) is 13.4. The second-order valence-corrected chi connectivity index (χ2v) is 27.4. The molecule has 0 aromatic rings. The van der Waals surface area contributed by atoms with E-state index in [1.165, 1.54) is 244 Å². The maximum absolute atomic E-state index is 13.4. The van der Waals surface area contributed by atoms with Crippen LogP contribution >= 0.6 is 0 Å². The van der Waals surface area contributed by atoms with Crippen LogP contribution in [0.3, 0.4) is 0 Å². The second kappa shape index (κ2) is 63.8. The number of carbonyl (C=O) groups excluding carboxylic acids is 1. The predicted molar refractivity (Wildman–Crippen MR) is 387 cm³/mol. The smallest absolute Gasteiger partial charge is 0.220 e. The zero-order valence-electron chi connectivity index (χ0n) is 60.0. The van der Waals surface area contributed by atoms with Crippen molar-refractivity contribution < 1.29 is 64.6 Å². The van der Waals surface area contributed by atoms with Crippen LogP contribution < -0.4 is 5.32 Å². The Balaban J connectivity index is 1.58. The van der Waals surface area contributed by atoms with E-state index in [-0.39, 0.29) is 18.9 Å². The van der Waals surface area contributed by atoms with E-state index in [1.54, 1.807) is 6.08 Å². The van der Waals surface area contributed by atoms with Gasteiger partial charge in [0.25, 0.3) is 0 Å². The molecular weight excluding hydrogens is 1180 g/mol. The highest BCUT2D eigenvalue weighted by Gasteiger charge is 2.51. The highest BCUT2D eigenvalue weighted by molar-refractivity contribution is 5.76. The fraction of sp³-hybridized carbons (Fsp3) is 0.838. The number of aliphatic hydroxyl groups excluding tert-OH is 8. The quantitative estimate of drug-likeness (QED) is 0.0204. The Labute approximate surface area is 574 Å². The molecule has 0 aliphatic carbocycles. The van der Waals surface area contributed by atoms with E-state index in [2.05, 4.69) is 79.9 Å². The Morgan fingerprint density at radius 3 is 1.17 bits per heavy atom. The molecule has 2 fully saturated rings. The van der Waals surface area contributed by atoms with Crippen molar-refractivity contribution in [2.45, 2.75) is 408 Å². The largest absolute Gasteiger partial charge is 0.394 e. The van der Waals surface area contributed by atoms with Crippen molar-refractivity contribution >= 4 is 5.91 Å². The number of amides is 1. The van der Waals surface area contributed by atoms with Crippen LogP contribution in [0.1, 0.15) is 335 Å². The van der Waals surface area contributed by atoms with Gasteiger partial charge >= 0.3 is 0 Å². The molecule has 2 heterocycles. The van der Waals surface area contributed by atoms with Crippen molar-refractivity contribution in [1.82, 2.24) is 5.32 Å². The summed E-state index contributed by atoms with van der Waals surface area (Å²) in [5, 5.41) is 87.5. The first kappa shape index (κ1) is 87.5. The van der Waals surface area contributed by atoms with Gasteiger partial charge in [0.05, 0.1) is 32.0 Å². The summed E-state index contributed by atoms with van der Waals surface area (Å²) in [5.41, 5.74) is 0. The minimum Gasteiger partial charge on any atom is -0.394 e. The molecule has 2 rings (SSSR count). The summed E-state index contributed by atoms with van der Waals surface area (Å²) in [7, 11) is 0. The monoisotopic (exact) mass is 1330 g/mol. The van der Waals surface area contributed by atoms with Gasteiger partial charge in [-0.25, -0.2) is 0 Å². The van der Waals surface area contributed by atoms with Gasteiger partial charge in [-0.1, -0.05) is 331 Å². The van der Waals surface area contributed by atoms with Crippen molar-refractivity contribution in [3.63, 3.8) is 0 Å². The van der Waals surface area contributed by atoms with Crippen molar-refractivity contribution in [2.75, 3.05) is 19.8 Å². The first-order valence-corrected chi connectivity index (χ1v) is 39.2. The van der Waals surface area contributed by atoms with Crippen LogP contribution in [0.15, 0.2) is 72.9 Å². The summed E-state index contributed by atoms with van der Waals surface area (Å²) in [5.74, 6) is -0.243. The lowest BCUT2D eigenvalue weighted by Crippen LogP contribution is -2.65. The molecular formula is C80H145NO13. The van der Waals surface area contributed by atoms with E-state index in [0.717, 1.165) is 57.8 Å². The van der Waals surface area contributed by atoms with Gasteiger partial charge < -0.3 is 65.1 Å². The molecule has 14 nitrogen and oxygen atoms in total. The number of rotatable bonds is 65. The third-order valence-corrected chi connectivity index (χ3v) is 18.9. The number of hydrogen-bond donors (Lipinski definition) is 9. The number of nitrogens with one attached hydrogen (secondary N) is 1. The fourth-order valence-electron chi connectivity index (χ4n) is 12.7.